The highest BCUT2D eigenvalue weighted by atomic mass is 32.2. The molecule has 0 unspecified atom stereocenters. The number of hydrogen-bond acceptors (Lipinski definition) is 4. The number of thioether (sulfide) groups is 1. The number of hydrogen-bond donors (Lipinski definition) is 0. The maximum absolute atomic E-state index is 13.3. The molecule has 0 bridgehead atoms. The van der Waals surface area contributed by atoms with Gasteiger partial charge in [0.25, 0.3) is 12.3 Å². The van der Waals surface area contributed by atoms with Crippen LogP contribution in [0, 0.1) is 5.41 Å². The molecule has 2 aliphatic rings. The van der Waals surface area contributed by atoms with Gasteiger partial charge in [0.2, 0.25) is 0 Å². The Hall–Kier alpha value is -1.70. The van der Waals surface area contributed by atoms with E-state index in [0.717, 1.165) is 24.3 Å². The van der Waals surface area contributed by atoms with Crippen molar-refractivity contribution < 1.29 is 13.6 Å². The van der Waals surface area contributed by atoms with Gasteiger partial charge in [-0.3, -0.25) is 14.2 Å². The van der Waals surface area contributed by atoms with Crippen LogP contribution < -0.4 is 0 Å². The molecular weight excluding hydrogens is 322 g/mol. The number of imidazole rings is 1. The van der Waals surface area contributed by atoms with Crippen LogP contribution in [0.4, 0.5) is 8.78 Å². The van der Waals surface area contributed by atoms with Gasteiger partial charge in [-0.2, -0.15) is 11.8 Å². The maximum atomic E-state index is 13.3. The summed E-state index contributed by atoms with van der Waals surface area (Å²) < 4.78 is 28.0. The Morgan fingerprint density at radius 2 is 2.04 bits per heavy atom. The lowest BCUT2D eigenvalue weighted by Gasteiger charge is -2.52. The quantitative estimate of drug-likeness (QED) is 0.845. The molecule has 23 heavy (non-hydrogen) atoms. The molecule has 2 aromatic heterocycles. The van der Waals surface area contributed by atoms with Crippen molar-refractivity contribution in [2.75, 3.05) is 24.6 Å². The van der Waals surface area contributed by atoms with E-state index in [0.29, 0.717) is 13.1 Å². The highest BCUT2D eigenvalue weighted by molar-refractivity contribution is 7.99. The van der Waals surface area contributed by atoms with Crippen molar-refractivity contribution in [2.45, 2.75) is 19.3 Å². The van der Waals surface area contributed by atoms with Crippen molar-refractivity contribution in [2.24, 2.45) is 5.41 Å². The number of rotatable bonds is 2. The van der Waals surface area contributed by atoms with Crippen LogP contribution in [0.1, 0.15) is 35.4 Å². The Bertz CT molecular complexity index is 749. The van der Waals surface area contributed by atoms with E-state index in [9.17, 15) is 13.6 Å². The summed E-state index contributed by atoms with van der Waals surface area (Å²) in [6.07, 6.45) is 3.78. The predicted octanol–water partition coefficient (Wildman–Crippen LogP) is 2.64. The molecule has 4 heterocycles. The molecule has 8 heteroatoms. The number of aromatic nitrogens is 3. The minimum absolute atomic E-state index is 0.0302. The van der Waals surface area contributed by atoms with E-state index < -0.39 is 12.1 Å². The van der Waals surface area contributed by atoms with Crippen LogP contribution in [-0.2, 0) is 0 Å². The minimum Gasteiger partial charge on any atom is -0.336 e. The third-order valence-electron chi connectivity index (χ3n) is 4.76. The second-order valence-corrected chi connectivity index (χ2v) is 7.45. The molecule has 2 fully saturated rings. The van der Waals surface area contributed by atoms with E-state index in [1.807, 2.05) is 11.8 Å². The van der Waals surface area contributed by atoms with Gasteiger partial charge >= 0.3 is 0 Å². The van der Waals surface area contributed by atoms with Gasteiger partial charge in [-0.05, 0) is 24.3 Å². The zero-order chi connectivity index (χ0) is 16.0. The summed E-state index contributed by atoms with van der Waals surface area (Å²) in [5.74, 6) is 1.87. The number of nitrogens with zero attached hydrogens (tertiary/aromatic N) is 4. The molecule has 0 N–H and O–H groups in total. The van der Waals surface area contributed by atoms with Gasteiger partial charge in [0.1, 0.15) is 11.4 Å². The largest absolute Gasteiger partial charge is 0.336 e. The van der Waals surface area contributed by atoms with Crippen LogP contribution in [0.2, 0.25) is 0 Å². The molecular formula is C15H16F2N4OS. The third-order valence-corrected chi connectivity index (χ3v) is 5.75. The van der Waals surface area contributed by atoms with Gasteiger partial charge in [-0.15, -0.1) is 0 Å². The summed E-state index contributed by atoms with van der Waals surface area (Å²) in [5, 5.41) is 0. The average molecular weight is 338 g/mol. The highest BCUT2D eigenvalue weighted by Crippen LogP contribution is 2.43. The first-order valence-corrected chi connectivity index (χ1v) is 8.72. The molecule has 2 aromatic rings. The molecule has 0 aromatic carbocycles. The second kappa shape index (κ2) is 5.43. The predicted molar refractivity (Wildman–Crippen MR) is 82.8 cm³/mol. The van der Waals surface area contributed by atoms with E-state index >= 15 is 0 Å². The second-order valence-electron chi connectivity index (χ2n) is 6.22. The molecule has 1 amide bonds. The van der Waals surface area contributed by atoms with Crippen molar-refractivity contribution >= 4 is 23.3 Å². The van der Waals surface area contributed by atoms with E-state index in [-0.39, 0.29) is 22.7 Å². The fraction of sp³-hybridized carbons (Fsp3) is 0.533. The number of halogens is 2. The van der Waals surface area contributed by atoms with Gasteiger partial charge in [0.15, 0.2) is 5.65 Å². The third kappa shape index (κ3) is 2.39. The number of amides is 1. The van der Waals surface area contributed by atoms with E-state index in [2.05, 4.69) is 9.97 Å². The lowest BCUT2D eigenvalue weighted by Crippen LogP contribution is -2.59. The molecule has 1 spiro atoms. The van der Waals surface area contributed by atoms with Gasteiger partial charge in [-0.1, -0.05) is 0 Å². The van der Waals surface area contributed by atoms with Crippen LogP contribution in [0.3, 0.4) is 0 Å². The van der Waals surface area contributed by atoms with Crippen molar-refractivity contribution in [3.63, 3.8) is 0 Å². The van der Waals surface area contributed by atoms with Gasteiger partial charge in [-0.25, -0.2) is 13.8 Å². The lowest BCUT2D eigenvalue weighted by molar-refractivity contribution is 0.000136. The molecule has 0 saturated carbocycles. The highest BCUT2D eigenvalue weighted by Gasteiger charge is 2.46. The minimum atomic E-state index is -2.78. The first-order valence-electron chi connectivity index (χ1n) is 7.57. The van der Waals surface area contributed by atoms with Crippen molar-refractivity contribution in [1.29, 1.82) is 0 Å². The zero-order valence-electron chi connectivity index (χ0n) is 12.4. The first-order chi connectivity index (χ1) is 11.1. The Morgan fingerprint density at radius 3 is 2.74 bits per heavy atom. The average Bonchev–Trinajstić information content (AvgIpc) is 2.92. The van der Waals surface area contributed by atoms with Crippen LogP contribution in [0.5, 0.6) is 0 Å². The Labute approximate surface area is 136 Å². The lowest BCUT2D eigenvalue weighted by atomic mass is 9.74. The van der Waals surface area contributed by atoms with Gasteiger partial charge < -0.3 is 4.90 Å². The number of carbonyl (C=O) groups excluding carboxylic acids is 1. The molecule has 2 saturated heterocycles. The summed E-state index contributed by atoms with van der Waals surface area (Å²) in [6, 6.07) is 0. The van der Waals surface area contributed by atoms with Crippen LogP contribution >= 0.6 is 11.8 Å². The summed E-state index contributed by atoms with van der Waals surface area (Å²) in [5.41, 5.74) is -0.00967. The molecule has 0 radical (unpaired) electrons. The standard InChI is InChI=1S/C15H16F2N4OS/c16-13(17)11-12(21-4-3-18-7-10(21)19-11)14(22)20-8-15(9-20)1-5-23-6-2-15/h3-4,7,13H,1-2,5-6,8-9H2. The summed E-state index contributed by atoms with van der Waals surface area (Å²) in [4.78, 5) is 22.2. The SMILES string of the molecule is O=C(c1c(C(F)F)nc2cnccn12)N1CC2(CCSCC2)C1. The fourth-order valence-corrected chi connectivity index (χ4v) is 4.83. The number of fused-ring (bicyclic) bond motifs is 1. The number of likely N-dealkylation sites (tertiary alicyclic amines) is 1. The van der Waals surface area contributed by atoms with Crippen LogP contribution in [0.15, 0.2) is 18.6 Å². The van der Waals surface area contributed by atoms with Gasteiger partial charge in [0, 0.05) is 30.9 Å². The summed E-state index contributed by atoms with van der Waals surface area (Å²) in [7, 11) is 0. The van der Waals surface area contributed by atoms with Crippen LogP contribution in [0.25, 0.3) is 5.65 Å². The Kier molecular flexibility index (Phi) is 3.51. The van der Waals surface area contributed by atoms with Crippen molar-refractivity contribution in [3.05, 3.63) is 30.0 Å². The molecule has 4 rings (SSSR count). The fourth-order valence-electron chi connectivity index (χ4n) is 3.47. The molecule has 0 aliphatic carbocycles. The normalized spacial score (nSPS) is 20.2. The van der Waals surface area contributed by atoms with E-state index in [4.69, 9.17) is 0 Å². The summed E-state index contributed by atoms with van der Waals surface area (Å²) >= 11 is 1.94. The topological polar surface area (TPSA) is 50.5 Å². The van der Waals surface area contributed by atoms with Crippen molar-refractivity contribution in [3.8, 4) is 0 Å². The Balaban J connectivity index is 1.64. The molecule has 5 nitrogen and oxygen atoms in total. The number of alkyl halides is 2. The van der Waals surface area contributed by atoms with Crippen molar-refractivity contribution in [1.82, 2.24) is 19.3 Å². The summed E-state index contributed by atoms with van der Waals surface area (Å²) in [6.45, 7) is 1.32. The van der Waals surface area contributed by atoms with E-state index in [1.165, 1.54) is 23.0 Å². The first kappa shape index (κ1) is 14.9. The van der Waals surface area contributed by atoms with E-state index in [1.54, 1.807) is 4.90 Å². The molecule has 2 aliphatic heterocycles. The Morgan fingerprint density at radius 1 is 1.30 bits per heavy atom. The molecule has 0 atom stereocenters. The molecule has 122 valence electrons. The monoisotopic (exact) mass is 338 g/mol. The van der Waals surface area contributed by atoms with Gasteiger partial charge in [0.05, 0.1) is 6.20 Å². The smallest absolute Gasteiger partial charge is 0.282 e. The zero-order valence-corrected chi connectivity index (χ0v) is 13.2. The number of carbonyl (C=O) groups is 1. The maximum Gasteiger partial charge on any atom is 0.282 e. The van der Waals surface area contributed by atoms with Crippen LogP contribution in [-0.4, -0.2) is 49.8 Å².